The van der Waals surface area contributed by atoms with Gasteiger partial charge in [-0.3, -0.25) is 0 Å². The van der Waals surface area contributed by atoms with E-state index in [2.05, 4.69) is 96.8 Å². The molecule has 0 aliphatic heterocycles. The summed E-state index contributed by atoms with van der Waals surface area (Å²) in [4.78, 5) is 2.24. The van der Waals surface area contributed by atoms with Crippen molar-refractivity contribution in [3.8, 4) is 5.75 Å². The van der Waals surface area contributed by atoms with Gasteiger partial charge in [0.15, 0.2) is 0 Å². The minimum Gasteiger partial charge on any atom is -0.489 e. The third kappa shape index (κ3) is 4.24. The van der Waals surface area contributed by atoms with Gasteiger partial charge >= 0.3 is 0 Å². The van der Waals surface area contributed by atoms with Crippen LogP contribution in [0.3, 0.4) is 0 Å². The Morgan fingerprint density at radius 2 is 1.07 bits per heavy atom. The molecular formula is C26H23NO. The average molecular weight is 365 g/mol. The van der Waals surface area contributed by atoms with E-state index in [1.54, 1.807) is 0 Å². The zero-order valence-electron chi connectivity index (χ0n) is 16.0. The van der Waals surface area contributed by atoms with Crippen LogP contribution in [0.25, 0.3) is 0 Å². The van der Waals surface area contributed by atoms with E-state index in [0.29, 0.717) is 6.61 Å². The molecule has 0 bridgehead atoms. The summed E-state index contributed by atoms with van der Waals surface area (Å²) in [6, 6.07) is 37.5. The number of aryl methyl sites for hydroxylation is 1. The molecule has 2 heteroatoms. The molecule has 0 radical (unpaired) electrons. The molecule has 138 valence electrons. The number of nitrogens with zero attached hydrogens (tertiary/aromatic N) is 1. The minimum absolute atomic E-state index is 0.570. The van der Waals surface area contributed by atoms with Crippen LogP contribution in [0, 0.1) is 6.92 Å². The fourth-order valence-corrected chi connectivity index (χ4v) is 3.14. The number of hydrogen-bond acceptors (Lipinski definition) is 2. The standard InChI is InChI=1S/C26H23NO/c1-21-12-14-22(15-13-21)20-28-26-18-16-25(17-19-26)27(23-8-4-2-5-9-23)24-10-6-3-7-11-24/h2-19H,20H2,1H3. The van der Waals surface area contributed by atoms with E-state index in [1.807, 2.05) is 24.3 Å². The Labute approximate surface area is 166 Å². The van der Waals surface area contributed by atoms with E-state index in [9.17, 15) is 0 Å². The summed E-state index contributed by atoms with van der Waals surface area (Å²) in [5.41, 5.74) is 5.78. The monoisotopic (exact) mass is 365 g/mol. The summed E-state index contributed by atoms with van der Waals surface area (Å²) in [6.45, 7) is 2.66. The maximum Gasteiger partial charge on any atom is 0.119 e. The summed E-state index contributed by atoms with van der Waals surface area (Å²) in [5, 5.41) is 0. The maximum absolute atomic E-state index is 5.96. The van der Waals surface area contributed by atoms with E-state index < -0.39 is 0 Å². The van der Waals surface area contributed by atoms with Crippen molar-refractivity contribution in [1.29, 1.82) is 0 Å². The van der Waals surface area contributed by atoms with E-state index in [0.717, 1.165) is 22.8 Å². The van der Waals surface area contributed by atoms with Gasteiger partial charge < -0.3 is 9.64 Å². The molecule has 0 aliphatic rings. The lowest BCUT2D eigenvalue weighted by atomic mass is 10.1. The van der Waals surface area contributed by atoms with Crippen LogP contribution >= 0.6 is 0 Å². The summed E-state index contributed by atoms with van der Waals surface area (Å²) in [5.74, 6) is 0.866. The van der Waals surface area contributed by atoms with Gasteiger partial charge in [0.1, 0.15) is 12.4 Å². The molecule has 0 saturated carbocycles. The van der Waals surface area contributed by atoms with Crippen LogP contribution in [-0.2, 0) is 6.61 Å². The second kappa shape index (κ2) is 8.45. The molecule has 4 aromatic rings. The van der Waals surface area contributed by atoms with Gasteiger partial charge in [-0.1, -0.05) is 66.2 Å². The van der Waals surface area contributed by atoms with Crippen LogP contribution in [0.4, 0.5) is 17.1 Å². The third-order valence-electron chi connectivity index (χ3n) is 4.65. The van der Waals surface area contributed by atoms with Crippen LogP contribution in [0.1, 0.15) is 11.1 Å². The molecule has 2 nitrogen and oxygen atoms in total. The number of hydrogen-bond donors (Lipinski definition) is 0. The molecule has 28 heavy (non-hydrogen) atoms. The van der Waals surface area contributed by atoms with E-state index in [4.69, 9.17) is 4.74 Å². The quantitative estimate of drug-likeness (QED) is 0.363. The maximum atomic E-state index is 5.96. The molecule has 0 aromatic heterocycles. The van der Waals surface area contributed by atoms with Gasteiger partial charge in [0.2, 0.25) is 0 Å². The highest BCUT2D eigenvalue weighted by molar-refractivity contribution is 5.76. The lowest BCUT2D eigenvalue weighted by Gasteiger charge is -2.25. The fourth-order valence-electron chi connectivity index (χ4n) is 3.14. The Bertz CT molecular complexity index is 954. The smallest absolute Gasteiger partial charge is 0.119 e. The van der Waals surface area contributed by atoms with Crippen molar-refractivity contribution in [2.75, 3.05) is 4.90 Å². The molecule has 0 unspecified atom stereocenters. The Hall–Kier alpha value is -3.52. The minimum atomic E-state index is 0.570. The topological polar surface area (TPSA) is 12.5 Å². The Morgan fingerprint density at radius 1 is 0.571 bits per heavy atom. The van der Waals surface area contributed by atoms with Crippen LogP contribution in [0.2, 0.25) is 0 Å². The Kier molecular flexibility index (Phi) is 5.39. The molecule has 0 fully saturated rings. The summed E-state index contributed by atoms with van der Waals surface area (Å²) >= 11 is 0. The normalized spacial score (nSPS) is 10.5. The zero-order valence-corrected chi connectivity index (χ0v) is 16.0. The van der Waals surface area contributed by atoms with Crippen molar-refractivity contribution >= 4 is 17.1 Å². The molecule has 4 aromatic carbocycles. The van der Waals surface area contributed by atoms with Gasteiger partial charge in [0.25, 0.3) is 0 Å². The fraction of sp³-hybridized carbons (Fsp3) is 0.0769. The van der Waals surface area contributed by atoms with Gasteiger partial charge in [0, 0.05) is 17.1 Å². The Morgan fingerprint density at radius 3 is 1.61 bits per heavy atom. The molecule has 4 rings (SSSR count). The van der Waals surface area contributed by atoms with Crippen molar-refractivity contribution in [1.82, 2.24) is 0 Å². The first-order chi connectivity index (χ1) is 13.8. The van der Waals surface area contributed by atoms with Crippen molar-refractivity contribution < 1.29 is 4.74 Å². The van der Waals surface area contributed by atoms with Crippen molar-refractivity contribution in [2.24, 2.45) is 0 Å². The molecule has 0 heterocycles. The number of para-hydroxylation sites is 2. The van der Waals surface area contributed by atoms with Crippen molar-refractivity contribution in [3.63, 3.8) is 0 Å². The largest absolute Gasteiger partial charge is 0.489 e. The molecule has 0 saturated heterocycles. The number of rotatable bonds is 6. The first-order valence-corrected chi connectivity index (χ1v) is 9.48. The van der Waals surface area contributed by atoms with Crippen LogP contribution in [0.5, 0.6) is 5.75 Å². The van der Waals surface area contributed by atoms with E-state index in [1.165, 1.54) is 11.1 Å². The summed E-state index contributed by atoms with van der Waals surface area (Å²) in [7, 11) is 0. The molecule has 0 N–H and O–H groups in total. The summed E-state index contributed by atoms with van der Waals surface area (Å²) in [6.07, 6.45) is 0. The van der Waals surface area contributed by atoms with Gasteiger partial charge in [-0.25, -0.2) is 0 Å². The molecule has 0 atom stereocenters. The van der Waals surface area contributed by atoms with Crippen LogP contribution in [-0.4, -0.2) is 0 Å². The number of anilines is 3. The Balaban J connectivity index is 1.55. The first kappa shape index (κ1) is 17.9. The highest BCUT2D eigenvalue weighted by atomic mass is 16.5. The third-order valence-corrected chi connectivity index (χ3v) is 4.65. The van der Waals surface area contributed by atoms with E-state index in [-0.39, 0.29) is 0 Å². The van der Waals surface area contributed by atoms with Crippen LogP contribution in [0.15, 0.2) is 109 Å². The number of ether oxygens (including phenoxy) is 1. The lowest BCUT2D eigenvalue weighted by molar-refractivity contribution is 0.306. The molecule has 0 amide bonds. The van der Waals surface area contributed by atoms with Crippen molar-refractivity contribution in [3.05, 3.63) is 120 Å². The predicted molar refractivity (Wildman–Crippen MR) is 117 cm³/mol. The van der Waals surface area contributed by atoms with E-state index >= 15 is 0 Å². The first-order valence-electron chi connectivity index (χ1n) is 9.48. The number of benzene rings is 4. The van der Waals surface area contributed by atoms with Crippen molar-refractivity contribution in [2.45, 2.75) is 13.5 Å². The van der Waals surface area contributed by atoms with Gasteiger partial charge in [0.05, 0.1) is 0 Å². The average Bonchev–Trinajstić information content (AvgIpc) is 2.76. The molecular weight excluding hydrogens is 342 g/mol. The molecule has 0 aliphatic carbocycles. The SMILES string of the molecule is Cc1ccc(COc2ccc(N(c3ccccc3)c3ccccc3)cc2)cc1. The second-order valence-electron chi connectivity index (χ2n) is 6.77. The van der Waals surface area contributed by atoms with Crippen LogP contribution < -0.4 is 9.64 Å². The summed E-state index contributed by atoms with van der Waals surface area (Å²) < 4.78 is 5.96. The molecule has 0 spiro atoms. The highest BCUT2D eigenvalue weighted by Crippen LogP contribution is 2.34. The highest BCUT2D eigenvalue weighted by Gasteiger charge is 2.11. The zero-order chi connectivity index (χ0) is 19.2. The predicted octanol–water partition coefficient (Wildman–Crippen LogP) is 7.04. The van der Waals surface area contributed by atoms with Gasteiger partial charge in [-0.15, -0.1) is 0 Å². The van der Waals surface area contributed by atoms with Gasteiger partial charge in [-0.2, -0.15) is 0 Å². The second-order valence-corrected chi connectivity index (χ2v) is 6.77. The lowest BCUT2D eigenvalue weighted by Crippen LogP contribution is -2.09. The van der Waals surface area contributed by atoms with Gasteiger partial charge in [-0.05, 0) is 61.0 Å².